The molecule has 1 aliphatic heterocycles. The van der Waals surface area contributed by atoms with E-state index in [0.717, 1.165) is 17.1 Å². The molecule has 12 heteroatoms. The van der Waals surface area contributed by atoms with Gasteiger partial charge in [0.05, 0.1) is 36.2 Å². The smallest absolute Gasteiger partial charge is 0.243 e. The van der Waals surface area contributed by atoms with Gasteiger partial charge in [-0.3, -0.25) is 4.79 Å². The van der Waals surface area contributed by atoms with Crippen LogP contribution in [-0.4, -0.2) is 72.3 Å². The zero-order valence-electron chi connectivity index (χ0n) is 18.6. The maximum Gasteiger partial charge on any atom is 0.243 e. The van der Waals surface area contributed by atoms with Gasteiger partial charge in [-0.1, -0.05) is 0 Å². The van der Waals surface area contributed by atoms with E-state index in [1.165, 1.54) is 68.0 Å². The van der Waals surface area contributed by atoms with Crippen molar-refractivity contribution in [2.75, 3.05) is 46.2 Å². The molecule has 0 spiro atoms. The molecule has 0 saturated carbocycles. The summed E-state index contributed by atoms with van der Waals surface area (Å²) < 4.78 is 63.8. The Kier molecular flexibility index (Phi) is 7.62. The Bertz CT molecular complexity index is 1210. The van der Waals surface area contributed by atoms with E-state index in [2.05, 4.69) is 5.32 Å². The van der Waals surface area contributed by atoms with Gasteiger partial charge in [0.2, 0.25) is 26.0 Å². The Morgan fingerprint density at radius 1 is 0.970 bits per heavy atom. The fraction of sp³-hybridized carbons (Fsp3) is 0.381. The monoisotopic (exact) mass is 497 g/mol. The fourth-order valence-corrected chi connectivity index (χ4v) is 6.10. The zero-order chi connectivity index (χ0) is 24.2. The molecule has 0 bridgehead atoms. The molecule has 1 aliphatic rings. The quantitative estimate of drug-likeness (QED) is 0.560. The van der Waals surface area contributed by atoms with Crippen molar-refractivity contribution in [3.8, 4) is 11.5 Å². The van der Waals surface area contributed by atoms with Crippen LogP contribution in [0.25, 0.3) is 0 Å². The third-order valence-corrected chi connectivity index (χ3v) is 8.99. The highest BCUT2D eigenvalue weighted by Crippen LogP contribution is 2.30. The molecule has 1 saturated heterocycles. The summed E-state index contributed by atoms with van der Waals surface area (Å²) in [6, 6.07) is 9.99. The zero-order valence-corrected chi connectivity index (χ0v) is 20.3. The Labute approximate surface area is 194 Å². The average Bonchev–Trinajstić information content (AvgIpc) is 3.35. The number of hydrogen-bond acceptors (Lipinski definition) is 7. The Morgan fingerprint density at radius 3 is 2.15 bits per heavy atom. The minimum Gasteiger partial charge on any atom is -0.497 e. The van der Waals surface area contributed by atoms with Crippen molar-refractivity contribution >= 4 is 31.6 Å². The van der Waals surface area contributed by atoms with E-state index in [1.807, 2.05) is 0 Å². The summed E-state index contributed by atoms with van der Waals surface area (Å²) in [5.74, 6) is 0.109. The van der Waals surface area contributed by atoms with Gasteiger partial charge in [-0.15, -0.1) is 0 Å². The van der Waals surface area contributed by atoms with Crippen LogP contribution in [0, 0.1) is 0 Å². The van der Waals surface area contributed by atoms with Gasteiger partial charge in [-0.25, -0.2) is 16.8 Å². The lowest BCUT2D eigenvalue weighted by molar-refractivity contribution is -0.116. The summed E-state index contributed by atoms with van der Waals surface area (Å²) in [6.07, 6.45) is 1.60. The minimum absolute atomic E-state index is 0.00915. The van der Waals surface area contributed by atoms with E-state index in [0.29, 0.717) is 18.8 Å². The highest BCUT2D eigenvalue weighted by molar-refractivity contribution is 7.89. The van der Waals surface area contributed by atoms with Crippen LogP contribution in [0.5, 0.6) is 11.5 Å². The first-order valence-electron chi connectivity index (χ1n) is 10.2. The lowest BCUT2D eigenvalue weighted by atomic mass is 10.3. The van der Waals surface area contributed by atoms with E-state index < -0.39 is 32.5 Å². The molecular weight excluding hydrogens is 470 g/mol. The van der Waals surface area contributed by atoms with Gasteiger partial charge in [-0.05, 0) is 55.3 Å². The molecule has 1 N–H and O–H groups in total. The summed E-state index contributed by atoms with van der Waals surface area (Å²) >= 11 is 0. The lowest BCUT2D eigenvalue weighted by Crippen LogP contribution is -2.35. The number of nitrogens with zero attached hydrogens (tertiary/aromatic N) is 2. The molecule has 180 valence electrons. The molecule has 2 aromatic rings. The molecule has 0 atom stereocenters. The molecule has 0 aromatic heterocycles. The second kappa shape index (κ2) is 10.1. The molecule has 1 heterocycles. The van der Waals surface area contributed by atoms with Gasteiger partial charge in [-0.2, -0.15) is 8.61 Å². The number of likely N-dealkylation sites (N-methyl/N-ethyl adjacent to an activating group) is 1. The van der Waals surface area contributed by atoms with Crippen LogP contribution in [0.3, 0.4) is 0 Å². The maximum atomic E-state index is 12.9. The molecule has 0 radical (unpaired) electrons. The second-order valence-corrected chi connectivity index (χ2v) is 11.4. The predicted octanol–water partition coefficient (Wildman–Crippen LogP) is 1.75. The SMILES string of the molecule is COc1ccc(S(=O)(=O)N(C)CC(=O)Nc2cc(S(=O)(=O)N3CCCC3)ccc2OC)cc1. The van der Waals surface area contributed by atoms with Crippen molar-refractivity contribution in [3.05, 3.63) is 42.5 Å². The summed E-state index contributed by atoms with van der Waals surface area (Å²) in [6.45, 7) is 0.411. The van der Waals surface area contributed by atoms with Gasteiger partial charge in [0.25, 0.3) is 0 Å². The normalized spacial score (nSPS) is 14.9. The van der Waals surface area contributed by atoms with Crippen LogP contribution in [0.2, 0.25) is 0 Å². The molecule has 0 aliphatic carbocycles. The van der Waals surface area contributed by atoms with E-state index in [-0.39, 0.29) is 21.2 Å². The third kappa shape index (κ3) is 5.46. The first-order chi connectivity index (χ1) is 15.6. The van der Waals surface area contributed by atoms with E-state index >= 15 is 0 Å². The van der Waals surface area contributed by atoms with Crippen LogP contribution in [0.1, 0.15) is 12.8 Å². The van der Waals surface area contributed by atoms with Crippen molar-refractivity contribution in [1.82, 2.24) is 8.61 Å². The highest BCUT2D eigenvalue weighted by atomic mass is 32.2. The second-order valence-electron chi connectivity index (χ2n) is 7.46. The van der Waals surface area contributed by atoms with Crippen molar-refractivity contribution in [2.24, 2.45) is 0 Å². The van der Waals surface area contributed by atoms with E-state index in [1.54, 1.807) is 0 Å². The number of sulfonamides is 2. The first-order valence-corrected chi connectivity index (χ1v) is 13.1. The van der Waals surface area contributed by atoms with Crippen LogP contribution >= 0.6 is 0 Å². The van der Waals surface area contributed by atoms with Crippen LogP contribution in [-0.2, 0) is 24.8 Å². The van der Waals surface area contributed by atoms with Gasteiger partial charge >= 0.3 is 0 Å². The molecule has 10 nitrogen and oxygen atoms in total. The van der Waals surface area contributed by atoms with Crippen molar-refractivity contribution in [3.63, 3.8) is 0 Å². The number of ether oxygens (including phenoxy) is 2. The number of anilines is 1. The number of benzene rings is 2. The Morgan fingerprint density at radius 2 is 1.58 bits per heavy atom. The summed E-state index contributed by atoms with van der Waals surface area (Å²) in [5, 5.41) is 2.56. The maximum absolute atomic E-state index is 12.9. The number of amides is 1. The lowest BCUT2D eigenvalue weighted by Gasteiger charge is -2.19. The van der Waals surface area contributed by atoms with Crippen molar-refractivity contribution in [1.29, 1.82) is 0 Å². The van der Waals surface area contributed by atoms with Gasteiger partial charge < -0.3 is 14.8 Å². The molecule has 33 heavy (non-hydrogen) atoms. The fourth-order valence-electron chi connectivity index (χ4n) is 3.43. The van der Waals surface area contributed by atoms with E-state index in [4.69, 9.17) is 9.47 Å². The summed E-state index contributed by atoms with van der Waals surface area (Å²) in [5.41, 5.74) is 0.137. The molecular formula is C21H27N3O7S2. The molecule has 3 rings (SSSR count). The number of hydrogen-bond donors (Lipinski definition) is 1. The Hall–Kier alpha value is -2.67. The number of carbonyl (C=O) groups is 1. The first kappa shape index (κ1) is 25.0. The highest BCUT2D eigenvalue weighted by Gasteiger charge is 2.28. The van der Waals surface area contributed by atoms with E-state index in [9.17, 15) is 21.6 Å². The molecule has 0 unspecified atom stereocenters. The largest absolute Gasteiger partial charge is 0.497 e. The van der Waals surface area contributed by atoms with Crippen LogP contribution < -0.4 is 14.8 Å². The average molecular weight is 498 g/mol. The van der Waals surface area contributed by atoms with Gasteiger partial charge in [0.1, 0.15) is 11.5 Å². The standard InChI is InChI=1S/C21H27N3O7S2/c1-23(32(26,27)17-8-6-16(30-2)7-9-17)15-21(25)22-19-14-18(10-11-20(19)31-3)33(28,29)24-12-4-5-13-24/h6-11,14H,4-5,12-13,15H2,1-3H3,(H,22,25). The number of rotatable bonds is 9. The summed E-state index contributed by atoms with van der Waals surface area (Å²) in [7, 11) is -3.48. The number of methoxy groups -OCH3 is 2. The summed E-state index contributed by atoms with van der Waals surface area (Å²) in [4.78, 5) is 12.7. The van der Waals surface area contributed by atoms with Crippen molar-refractivity contribution < 1.29 is 31.1 Å². The van der Waals surface area contributed by atoms with Crippen LogP contribution in [0.4, 0.5) is 5.69 Å². The van der Waals surface area contributed by atoms with Crippen LogP contribution in [0.15, 0.2) is 52.3 Å². The number of carbonyl (C=O) groups excluding carboxylic acids is 1. The third-order valence-electron chi connectivity index (χ3n) is 5.28. The molecule has 1 amide bonds. The van der Waals surface area contributed by atoms with Gasteiger partial charge in [0.15, 0.2) is 0 Å². The predicted molar refractivity (Wildman–Crippen MR) is 122 cm³/mol. The van der Waals surface area contributed by atoms with Gasteiger partial charge in [0, 0.05) is 20.1 Å². The minimum atomic E-state index is -3.93. The topological polar surface area (TPSA) is 122 Å². The molecule has 2 aromatic carbocycles. The van der Waals surface area contributed by atoms with Crippen molar-refractivity contribution in [2.45, 2.75) is 22.6 Å². The number of nitrogens with one attached hydrogen (secondary N) is 1. The Balaban J connectivity index is 1.77. The molecule has 1 fully saturated rings.